The standard InChI is InChI=1S/C4H6N2O2.C2H5NO2/c5-3(7)1-2-4(6)8;3-1-2(4)5/h1-2H,(H2,5,7)(H2,6,8);1,3H2,(H,4,5)/b2-1+;. The van der Waals surface area contributed by atoms with Crippen molar-refractivity contribution in [2.75, 3.05) is 6.54 Å². The Morgan fingerprint density at radius 1 is 1.08 bits per heavy atom. The first-order valence-corrected chi connectivity index (χ1v) is 3.09. The van der Waals surface area contributed by atoms with E-state index in [9.17, 15) is 14.4 Å². The van der Waals surface area contributed by atoms with Crippen LogP contribution in [0.1, 0.15) is 0 Å². The third kappa shape index (κ3) is 25.5. The van der Waals surface area contributed by atoms with E-state index in [1.54, 1.807) is 0 Å². The second-order valence-corrected chi connectivity index (χ2v) is 1.74. The van der Waals surface area contributed by atoms with E-state index < -0.39 is 17.8 Å². The van der Waals surface area contributed by atoms with E-state index in [1.165, 1.54) is 0 Å². The monoisotopic (exact) mass is 189 g/mol. The Hall–Kier alpha value is -1.89. The molecule has 0 heterocycles. The number of carboxylic acids is 1. The Morgan fingerprint density at radius 3 is 1.38 bits per heavy atom. The maximum Gasteiger partial charge on any atom is 0.317 e. The van der Waals surface area contributed by atoms with Gasteiger partial charge in [-0.1, -0.05) is 0 Å². The Labute approximate surface area is 74.2 Å². The first kappa shape index (κ1) is 13.7. The fraction of sp³-hybridized carbons (Fsp3) is 0.167. The van der Waals surface area contributed by atoms with Gasteiger partial charge in [-0.05, 0) is 0 Å². The van der Waals surface area contributed by atoms with Crippen molar-refractivity contribution in [2.24, 2.45) is 17.2 Å². The number of carboxylic acid groups (broad SMARTS) is 1. The van der Waals surface area contributed by atoms with Crippen LogP contribution in [0.4, 0.5) is 0 Å². The largest absolute Gasteiger partial charge is 0.480 e. The third-order valence-corrected chi connectivity index (χ3v) is 0.586. The Kier molecular flexibility index (Phi) is 8.64. The van der Waals surface area contributed by atoms with Gasteiger partial charge >= 0.3 is 5.97 Å². The molecule has 2 amide bonds. The summed E-state index contributed by atoms with van der Waals surface area (Å²) in [6, 6.07) is 0. The SMILES string of the molecule is NC(=O)/C=C/C(N)=O.NCC(=O)O. The van der Waals surface area contributed by atoms with Crippen LogP contribution in [-0.2, 0) is 14.4 Å². The van der Waals surface area contributed by atoms with Crippen LogP contribution in [0.3, 0.4) is 0 Å². The van der Waals surface area contributed by atoms with Crippen molar-refractivity contribution in [1.82, 2.24) is 0 Å². The van der Waals surface area contributed by atoms with Gasteiger partial charge < -0.3 is 22.3 Å². The molecule has 0 bridgehead atoms. The van der Waals surface area contributed by atoms with E-state index in [-0.39, 0.29) is 6.54 Å². The molecule has 0 fully saturated rings. The number of hydrogen-bond donors (Lipinski definition) is 4. The predicted octanol–water partition coefficient (Wildman–Crippen LogP) is -2.46. The van der Waals surface area contributed by atoms with Crippen LogP contribution in [0, 0.1) is 0 Å². The number of rotatable bonds is 3. The van der Waals surface area contributed by atoms with E-state index in [0.29, 0.717) is 0 Å². The number of primary amides is 2. The van der Waals surface area contributed by atoms with Gasteiger partial charge in [-0.3, -0.25) is 14.4 Å². The molecule has 0 saturated heterocycles. The highest BCUT2D eigenvalue weighted by Crippen LogP contribution is 1.65. The zero-order valence-corrected chi connectivity index (χ0v) is 6.77. The zero-order valence-electron chi connectivity index (χ0n) is 6.77. The number of nitrogens with two attached hydrogens (primary N) is 3. The van der Waals surface area contributed by atoms with Crippen LogP contribution in [0.2, 0.25) is 0 Å². The number of carbonyl (C=O) groups is 3. The first-order chi connectivity index (χ1) is 5.90. The average Bonchev–Trinajstić information content (AvgIpc) is 2.02. The Morgan fingerprint density at radius 2 is 1.31 bits per heavy atom. The number of aliphatic carboxylic acids is 1. The molecule has 0 saturated carbocycles. The molecule has 0 atom stereocenters. The van der Waals surface area contributed by atoms with Crippen molar-refractivity contribution >= 4 is 17.8 Å². The summed E-state index contributed by atoms with van der Waals surface area (Å²) < 4.78 is 0. The molecule has 74 valence electrons. The van der Waals surface area contributed by atoms with Crippen molar-refractivity contribution in [3.63, 3.8) is 0 Å². The van der Waals surface area contributed by atoms with Gasteiger partial charge in [0.05, 0.1) is 6.54 Å². The molecular formula is C6H11N3O4. The van der Waals surface area contributed by atoms with Crippen LogP contribution in [0.5, 0.6) is 0 Å². The minimum atomic E-state index is -0.968. The summed E-state index contributed by atoms with van der Waals surface area (Å²) in [5.41, 5.74) is 13.8. The molecule has 0 aliphatic heterocycles. The van der Waals surface area contributed by atoms with Gasteiger partial charge in [0.15, 0.2) is 0 Å². The van der Waals surface area contributed by atoms with E-state index in [0.717, 1.165) is 12.2 Å². The van der Waals surface area contributed by atoms with Crippen molar-refractivity contribution in [3.8, 4) is 0 Å². The van der Waals surface area contributed by atoms with E-state index in [4.69, 9.17) is 5.11 Å². The molecule has 0 aromatic rings. The Balaban J connectivity index is 0. The van der Waals surface area contributed by atoms with Gasteiger partial charge in [0.25, 0.3) is 0 Å². The van der Waals surface area contributed by atoms with Gasteiger partial charge in [0.2, 0.25) is 11.8 Å². The van der Waals surface area contributed by atoms with E-state index in [1.807, 2.05) is 0 Å². The maximum absolute atomic E-state index is 9.83. The van der Waals surface area contributed by atoms with Crippen molar-refractivity contribution < 1.29 is 19.5 Å². The summed E-state index contributed by atoms with van der Waals surface area (Å²) in [4.78, 5) is 28.9. The normalized spacial score (nSPS) is 8.69. The quantitative estimate of drug-likeness (QED) is 0.363. The summed E-state index contributed by atoms with van der Waals surface area (Å²) in [5, 5.41) is 7.60. The molecule has 0 aliphatic carbocycles. The highest BCUT2D eigenvalue weighted by molar-refractivity contribution is 5.95. The smallest absolute Gasteiger partial charge is 0.317 e. The summed E-state index contributed by atoms with van der Waals surface area (Å²) in [5.74, 6) is -2.32. The molecule has 0 aromatic carbocycles. The highest BCUT2D eigenvalue weighted by atomic mass is 16.4. The lowest BCUT2D eigenvalue weighted by molar-refractivity contribution is -0.135. The van der Waals surface area contributed by atoms with Crippen molar-refractivity contribution in [3.05, 3.63) is 12.2 Å². The molecule has 0 spiro atoms. The molecule has 7 heteroatoms. The van der Waals surface area contributed by atoms with E-state index in [2.05, 4.69) is 17.2 Å². The lowest BCUT2D eigenvalue weighted by atomic mass is 10.5. The summed E-state index contributed by atoms with van der Waals surface area (Å²) in [6.45, 7) is -0.278. The highest BCUT2D eigenvalue weighted by Gasteiger charge is 1.84. The number of hydrogen-bond acceptors (Lipinski definition) is 4. The minimum absolute atomic E-state index is 0.278. The number of carbonyl (C=O) groups excluding carboxylic acids is 2. The van der Waals surface area contributed by atoms with Gasteiger partial charge in [0, 0.05) is 12.2 Å². The van der Waals surface area contributed by atoms with Crippen LogP contribution < -0.4 is 17.2 Å². The van der Waals surface area contributed by atoms with Crippen LogP contribution in [0.15, 0.2) is 12.2 Å². The predicted molar refractivity (Wildman–Crippen MR) is 44.2 cm³/mol. The first-order valence-electron chi connectivity index (χ1n) is 3.09. The zero-order chi connectivity index (χ0) is 10.9. The van der Waals surface area contributed by atoms with Crippen molar-refractivity contribution in [1.29, 1.82) is 0 Å². The maximum atomic E-state index is 9.83. The molecule has 7 nitrogen and oxygen atoms in total. The van der Waals surface area contributed by atoms with E-state index >= 15 is 0 Å². The average molecular weight is 189 g/mol. The lowest BCUT2D eigenvalue weighted by Crippen LogP contribution is -2.10. The molecular weight excluding hydrogens is 178 g/mol. The molecule has 0 unspecified atom stereocenters. The van der Waals surface area contributed by atoms with Gasteiger partial charge in [-0.25, -0.2) is 0 Å². The third-order valence-electron chi connectivity index (χ3n) is 0.586. The van der Waals surface area contributed by atoms with Crippen LogP contribution >= 0.6 is 0 Å². The molecule has 0 aliphatic rings. The summed E-state index contributed by atoms with van der Waals surface area (Å²) >= 11 is 0. The van der Waals surface area contributed by atoms with Gasteiger partial charge in [0.1, 0.15) is 0 Å². The molecule has 7 N–H and O–H groups in total. The molecule has 0 radical (unpaired) electrons. The fourth-order valence-corrected chi connectivity index (χ4v) is 0.164. The minimum Gasteiger partial charge on any atom is -0.480 e. The van der Waals surface area contributed by atoms with Gasteiger partial charge in [-0.15, -0.1) is 0 Å². The topological polar surface area (TPSA) is 150 Å². The molecule has 0 aromatic heterocycles. The second-order valence-electron chi connectivity index (χ2n) is 1.74. The Bertz CT molecular complexity index is 208. The molecule has 0 rings (SSSR count). The number of amides is 2. The van der Waals surface area contributed by atoms with Crippen molar-refractivity contribution in [2.45, 2.75) is 0 Å². The lowest BCUT2D eigenvalue weighted by Gasteiger charge is -1.76. The molecule has 13 heavy (non-hydrogen) atoms. The van der Waals surface area contributed by atoms with Crippen LogP contribution in [0.25, 0.3) is 0 Å². The van der Waals surface area contributed by atoms with Gasteiger partial charge in [-0.2, -0.15) is 0 Å². The second kappa shape index (κ2) is 8.21. The summed E-state index contributed by atoms with van der Waals surface area (Å²) in [7, 11) is 0. The fourth-order valence-electron chi connectivity index (χ4n) is 0.164. The summed E-state index contributed by atoms with van der Waals surface area (Å²) in [6.07, 6.45) is 1.81. The van der Waals surface area contributed by atoms with Crippen LogP contribution in [-0.4, -0.2) is 29.4 Å².